The number of rotatable bonds is 4. The second-order valence-electron chi connectivity index (χ2n) is 3.11. The Labute approximate surface area is 95.6 Å². The van der Waals surface area contributed by atoms with E-state index in [0.29, 0.717) is 0 Å². The molecule has 1 aromatic rings. The lowest BCUT2D eigenvalue weighted by Crippen LogP contribution is -2.22. The van der Waals surface area contributed by atoms with Gasteiger partial charge in [0.2, 0.25) is 5.91 Å². The van der Waals surface area contributed by atoms with Gasteiger partial charge in [-0.3, -0.25) is 4.79 Å². The highest BCUT2D eigenvalue weighted by atomic mass is 32.2. The summed E-state index contributed by atoms with van der Waals surface area (Å²) in [7, 11) is 0. The van der Waals surface area contributed by atoms with Crippen molar-refractivity contribution in [3.63, 3.8) is 0 Å². The van der Waals surface area contributed by atoms with Gasteiger partial charge in [0.25, 0.3) is 0 Å². The van der Waals surface area contributed by atoms with E-state index in [9.17, 15) is 14.0 Å². The molecule has 16 heavy (non-hydrogen) atoms. The number of carboxylic acids is 1. The zero-order chi connectivity index (χ0) is 12.3. The molecule has 1 unspecified atom stereocenters. The molecule has 1 amide bonds. The molecule has 1 rings (SSSR count). The van der Waals surface area contributed by atoms with Crippen LogP contribution in [0.5, 0.6) is 0 Å². The fraction of sp³-hybridized carbons (Fsp3) is 0.200. The van der Waals surface area contributed by atoms with Crippen LogP contribution in [0.2, 0.25) is 0 Å². The Balaban J connectivity index is 2.98. The maximum absolute atomic E-state index is 13.3. The molecule has 1 atom stereocenters. The highest BCUT2D eigenvalue weighted by Gasteiger charge is 2.15. The summed E-state index contributed by atoms with van der Waals surface area (Å²) >= 11 is 0.897. The maximum atomic E-state index is 13.3. The number of halogens is 1. The largest absolute Gasteiger partial charge is 0.478 e. The lowest BCUT2D eigenvalue weighted by molar-refractivity contribution is -0.117. The summed E-state index contributed by atoms with van der Waals surface area (Å²) in [6.45, 7) is 1.53. The van der Waals surface area contributed by atoms with Crippen molar-refractivity contribution < 1.29 is 19.1 Å². The average molecular weight is 243 g/mol. The normalized spacial score (nSPS) is 12.1. The molecule has 0 bridgehead atoms. The Hall–Kier alpha value is -1.56. The first-order chi connectivity index (χ1) is 7.41. The topological polar surface area (TPSA) is 80.4 Å². The van der Waals surface area contributed by atoms with Crippen LogP contribution in [-0.4, -0.2) is 22.2 Å². The van der Waals surface area contributed by atoms with Crippen LogP contribution in [0.25, 0.3) is 0 Å². The van der Waals surface area contributed by atoms with Crippen LogP contribution in [-0.2, 0) is 4.79 Å². The van der Waals surface area contributed by atoms with Crippen LogP contribution in [0.3, 0.4) is 0 Å². The van der Waals surface area contributed by atoms with E-state index in [0.717, 1.165) is 23.9 Å². The monoisotopic (exact) mass is 243 g/mol. The number of hydrogen-bond acceptors (Lipinski definition) is 3. The Morgan fingerprint density at radius 1 is 1.50 bits per heavy atom. The van der Waals surface area contributed by atoms with Gasteiger partial charge in [0.15, 0.2) is 0 Å². The quantitative estimate of drug-likeness (QED) is 0.785. The van der Waals surface area contributed by atoms with E-state index < -0.39 is 22.9 Å². The number of amides is 1. The van der Waals surface area contributed by atoms with Gasteiger partial charge in [-0.05, 0) is 25.1 Å². The van der Waals surface area contributed by atoms with Gasteiger partial charge in [-0.1, -0.05) is 0 Å². The number of carboxylic acid groups (broad SMARTS) is 1. The summed E-state index contributed by atoms with van der Waals surface area (Å²) in [6, 6.07) is 3.40. The van der Waals surface area contributed by atoms with Crippen LogP contribution in [0.4, 0.5) is 4.39 Å². The minimum Gasteiger partial charge on any atom is -0.478 e. The molecule has 86 valence electrons. The van der Waals surface area contributed by atoms with E-state index in [1.807, 2.05) is 0 Å². The first-order valence-electron chi connectivity index (χ1n) is 4.40. The lowest BCUT2D eigenvalue weighted by Gasteiger charge is -2.08. The molecule has 6 heteroatoms. The maximum Gasteiger partial charge on any atom is 0.335 e. The summed E-state index contributed by atoms with van der Waals surface area (Å²) < 4.78 is 13.3. The molecular formula is C10H10FNO3S. The fourth-order valence-corrected chi connectivity index (χ4v) is 1.85. The van der Waals surface area contributed by atoms with Gasteiger partial charge in [0, 0.05) is 4.90 Å². The second-order valence-corrected chi connectivity index (χ2v) is 4.50. The molecule has 0 radical (unpaired) electrons. The van der Waals surface area contributed by atoms with Crippen molar-refractivity contribution in [2.24, 2.45) is 5.73 Å². The molecule has 0 spiro atoms. The van der Waals surface area contributed by atoms with E-state index in [-0.39, 0.29) is 10.5 Å². The number of aromatic carboxylic acids is 1. The number of thioether (sulfide) groups is 1. The van der Waals surface area contributed by atoms with Gasteiger partial charge in [0.1, 0.15) is 5.82 Å². The Kier molecular flexibility index (Phi) is 3.89. The highest BCUT2D eigenvalue weighted by molar-refractivity contribution is 8.00. The second kappa shape index (κ2) is 4.98. The van der Waals surface area contributed by atoms with Gasteiger partial charge < -0.3 is 10.8 Å². The Morgan fingerprint density at radius 2 is 2.12 bits per heavy atom. The van der Waals surface area contributed by atoms with Crippen molar-refractivity contribution >= 4 is 23.6 Å². The molecule has 0 fully saturated rings. The first kappa shape index (κ1) is 12.5. The van der Waals surface area contributed by atoms with Crippen molar-refractivity contribution in [3.05, 3.63) is 29.6 Å². The van der Waals surface area contributed by atoms with Crippen molar-refractivity contribution in [1.29, 1.82) is 0 Å². The number of hydrogen-bond donors (Lipinski definition) is 2. The molecule has 0 aliphatic rings. The van der Waals surface area contributed by atoms with E-state index in [2.05, 4.69) is 0 Å². The number of benzene rings is 1. The molecule has 0 heterocycles. The van der Waals surface area contributed by atoms with Crippen molar-refractivity contribution in [2.45, 2.75) is 17.1 Å². The number of carbonyl (C=O) groups is 2. The summed E-state index contributed by atoms with van der Waals surface area (Å²) in [5.74, 6) is -2.29. The van der Waals surface area contributed by atoms with Crippen molar-refractivity contribution in [1.82, 2.24) is 0 Å². The molecular weight excluding hydrogens is 233 g/mol. The predicted molar refractivity (Wildman–Crippen MR) is 57.9 cm³/mol. The van der Waals surface area contributed by atoms with Crippen LogP contribution >= 0.6 is 11.8 Å². The van der Waals surface area contributed by atoms with E-state index in [4.69, 9.17) is 10.8 Å². The van der Waals surface area contributed by atoms with Gasteiger partial charge >= 0.3 is 5.97 Å². The Morgan fingerprint density at radius 3 is 2.62 bits per heavy atom. The van der Waals surface area contributed by atoms with Crippen molar-refractivity contribution in [3.8, 4) is 0 Å². The van der Waals surface area contributed by atoms with Crippen LogP contribution < -0.4 is 5.73 Å². The zero-order valence-electron chi connectivity index (χ0n) is 8.44. The van der Waals surface area contributed by atoms with E-state index >= 15 is 0 Å². The predicted octanol–water partition coefficient (Wildman–Crippen LogP) is 1.49. The third kappa shape index (κ3) is 2.96. The summed E-state index contributed by atoms with van der Waals surface area (Å²) in [6.07, 6.45) is 0. The smallest absolute Gasteiger partial charge is 0.335 e. The van der Waals surface area contributed by atoms with Crippen LogP contribution in [0, 0.1) is 5.82 Å². The lowest BCUT2D eigenvalue weighted by atomic mass is 10.2. The summed E-state index contributed by atoms with van der Waals surface area (Å²) in [5.41, 5.74) is 5.01. The molecule has 0 aromatic heterocycles. The highest BCUT2D eigenvalue weighted by Crippen LogP contribution is 2.26. The molecule has 3 N–H and O–H groups in total. The van der Waals surface area contributed by atoms with E-state index in [1.54, 1.807) is 0 Å². The standard InChI is InChI=1S/C10H10FNO3S/c1-5(9(12)13)16-8-4-6(10(14)15)2-3-7(8)11/h2-5H,1H3,(H2,12,13)(H,14,15). The van der Waals surface area contributed by atoms with Gasteiger partial charge in [-0.15, -0.1) is 11.8 Å². The minimum atomic E-state index is -1.14. The molecule has 0 aliphatic heterocycles. The molecule has 0 saturated carbocycles. The Bertz CT molecular complexity index is 436. The third-order valence-corrected chi connectivity index (χ3v) is 3.04. The first-order valence-corrected chi connectivity index (χ1v) is 5.28. The van der Waals surface area contributed by atoms with Crippen LogP contribution in [0.1, 0.15) is 17.3 Å². The third-order valence-electron chi connectivity index (χ3n) is 1.88. The van der Waals surface area contributed by atoms with Gasteiger partial charge in [-0.25, -0.2) is 9.18 Å². The summed E-state index contributed by atoms with van der Waals surface area (Å²) in [5, 5.41) is 8.11. The number of nitrogens with two attached hydrogens (primary N) is 1. The minimum absolute atomic E-state index is 0.0272. The number of primary amides is 1. The van der Waals surface area contributed by atoms with Gasteiger partial charge in [-0.2, -0.15) is 0 Å². The van der Waals surface area contributed by atoms with Crippen LogP contribution in [0.15, 0.2) is 23.1 Å². The fourth-order valence-electron chi connectivity index (χ4n) is 0.975. The molecule has 0 saturated heterocycles. The van der Waals surface area contributed by atoms with E-state index in [1.165, 1.54) is 13.0 Å². The average Bonchev–Trinajstić information content (AvgIpc) is 2.20. The molecule has 4 nitrogen and oxygen atoms in total. The SMILES string of the molecule is CC(Sc1cc(C(=O)O)ccc1F)C(N)=O. The summed E-state index contributed by atoms with van der Waals surface area (Å²) in [4.78, 5) is 21.6. The van der Waals surface area contributed by atoms with Crippen molar-refractivity contribution in [2.75, 3.05) is 0 Å². The molecule has 1 aromatic carbocycles. The number of carbonyl (C=O) groups excluding carboxylic acids is 1. The molecule has 0 aliphatic carbocycles. The zero-order valence-corrected chi connectivity index (χ0v) is 9.25. The van der Waals surface area contributed by atoms with Gasteiger partial charge in [0.05, 0.1) is 10.8 Å².